The molecular weight excluding hydrogens is 260 g/mol. The van der Waals surface area contributed by atoms with Crippen molar-refractivity contribution in [1.29, 1.82) is 0 Å². The van der Waals surface area contributed by atoms with E-state index in [0.29, 0.717) is 0 Å². The summed E-state index contributed by atoms with van der Waals surface area (Å²) < 4.78 is 69.9. The monoisotopic (exact) mass is 276 g/mol. The van der Waals surface area contributed by atoms with Gasteiger partial charge in [-0.15, -0.1) is 0 Å². The highest BCUT2D eigenvalue weighted by atomic mass is 19.3. The van der Waals surface area contributed by atoms with Crippen LogP contribution in [0, 0.1) is 0 Å². The molecule has 0 saturated carbocycles. The fourth-order valence-electron chi connectivity index (χ4n) is 1.20. The van der Waals surface area contributed by atoms with Crippen LogP contribution in [0.25, 0.3) is 0 Å². The van der Waals surface area contributed by atoms with Gasteiger partial charge >= 0.3 is 12.2 Å². The van der Waals surface area contributed by atoms with Crippen LogP contribution in [0.3, 0.4) is 0 Å². The molecular formula is C10H16F4O4. The Balaban J connectivity index is 2.38. The van der Waals surface area contributed by atoms with Crippen LogP contribution in [0.2, 0.25) is 0 Å². The standard InChI is InChI=1S/C10H16F4O4/c11-9(12)2-6-15-8-16-7-3-10(13,14)18-5-1-4-17-9/h1-8H2. The maximum absolute atomic E-state index is 13.0. The lowest BCUT2D eigenvalue weighted by atomic mass is 10.4. The van der Waals surface area contributed by atoms with Gasteiger partial charge in [-0.1, -0.05) is 0 Å². The average Bonchev–Trinajstić information content (AvgIpc) is 2.26. The summed E-state index contributed by atoms with van der Waals surface area (Å²) >= 11 is 0. The van der Waals surface area contributed by atoms with Crippen molar-refractivity contribution in [3.63, 3.8) is 0 Å². The molecule has 1 saturated heterocycles. The first-order valence-corrected chi connectivity index (χ1v) is 5.60. The van der Waals surface area contributed by atoms with Crippen LogP contribution in [-0.4, -0.2) is 45.4 Å². The Labute approximate surface area is 102 Å². The normalized spacial score (nSPS) is 27.3. The van der Waals surface area contributed by atoms with Crippen LogP contribution >= 0.6 is 0 Å². The van der Waals surface area contributed by atoms with Crippen molar-refractivity contribution in [3.05, 3.63) is 0 Å². The van der Waals surface area contributed by atoms with E-state index in [1.165, 1.54) is 0 Å². The molecule has 8 heteroatoms. The fourth-order valence-corrected chi connectivity index (χ4v) is 1.20. The molecule has 0 spiro atoms. The van der Waals surface area contributed by atoms with Gasteiger partial charge < -0.3 is 18.9 Å². The predicted molar refractivity (Wildman–Crippen MR) is 52.4 cm³/mol. The van der Waals surface area contributed by atoms with Gasteiger partial charge in [0, 0.05) is 0 Å². The van der Waals surface area contributed by atoms with Crippen molar-refractivity contribution in [2.45, 2.75) is 31.5 Å². The second-order valence-corrected chi connectivity index (χ2v) is 3.76. The summed E-state index contributed by atoms with van der Waals surface area (Å²) in [5, 5.41) is 0. The second-order valence-electron chi connectivity index (χ2n) is 3.76. The molecule has 18 heavy (non-hydrogen) atoms. The van der Waals surface area contributed by atoms with Crippen molar-refractivity contribution in [1.82, 2.24) is 0 Å². The van der Waals surface area contributed by atoms with Crippen LogP contribution in [0.1, 0.15) is 19.3 Å². The summed E-state index contributed by atoms with van der Waals surface area (Å²) in [6, 6.07) is 0. The summed E-state index contributed by atoms with van der Waals surface area (Å²) in [7, 11) is 0. The van der Waals surface area contributed by atoms with Gasteiger partial charge in [-0.05, 0) is 6.42 Å². The highest BCUT2D eigenvalue weighted by Crippen LogP contribution is 2.22. The van der Waals surface area contributed by atoms with Gasteiger partial charge in [0.1, 0.15) is 6.79 Å². The van der Waals surface area contributed by atoms with Gasteiger partial charge in [-0.25, -0.2) is 0 Å². The summed E-state index contributed by atoms with van der Waals surface area (Å²) in [5.41, 5.74) is 0. The number of halogens is 4. The molecule has 0 amide bonds. The summed E-state index contributed by atoms with van der Waals surface area (Å²) in [6.45, 7) is -1.54. The highest BCUT2D eigenvalue weighted by molar-refractivity contribution is 4.55. The molecule has 0 bridgehead atoms. The molecule has 0 unspecified atom stereocenters. The number of hydrogen-bond donors (Lipinski definition) is 0. The van der Waals surface area contributed by atoms with Gasteiger partial charge in [-0.3, -0.25) is 0 Å². The van der Waals surface area contributed by atoms with E-state index in [1.807, 2.05) is 0 Å². The summed E-state index contributed by atoms with van der Waals surface area (Å²) in [4.78, 5) is 0. The van der Waals surface area contributed by atoms with E-state index in [4.69, 9.17) is 9.47 Å². The zero-order chi connectivity index (χ0) is 13.5. The molecule has 1 heterocycles. The molecule has 0 N–H and O–H groups in total. The summed E-state index contributed by atoms with van der Waals surface area (Å²) in [6.07, 6.45) is -7.90. The van der Waals surface area contributed by atoms with Crippen molar-refractivity contribution in [3.8, 4) is 0 Å². The molecule has 0 radical (unpaired) electrons. The lowest BCUT2D eigenvalue weighted by Crippen LogP contribution is -2.27. The second kappa shape index (κ2) is 7.22. The van der Waals surface area contributed by atoms with Crippen molar-refractivity contribution in [2.24, 2.45) is 0 Å². The van der Waals surface area contributed by atoms with E-state index in [0.717, 1.165) is 0 Å². The summed E-state index contributed by atoms with van der Waals surface area (Å²) in [5.74, 6) is 0. The van der Waals surface area contributed by atoms with Crippen LogP contribution in [0.4, 0.5) is 17.6 Å². The van der Waals surface area contributed by atoms with Crippen LogP contribution in [0.15, 0.2) is 0 Å². The molecule has 4 nitrogen and oxygen atoms in total. The predicted octanol–water partition coefficient (Wildman–Crippen LogP) is 2.38. The first-order valence-electron chi connectivity index (χ1n) is 5.60. The minimum absolute atomic E-state index is 0.0348. The van der Waals surface area contributed by atoms with E-state index in [1.54, 1.807) is 0 Å². The van der Waals surface area contributed by atoms with E-state index in [2.05, 4.69) is 9.47 Å². The third kappa shape index (κ3) is 7.10. The molecule has 0 aliphatic carbocycles. The maximum Gasteiger partial charge on any atom is 0.357 e. The molecule has 1 fully saturated rings. The first kappa shape index (κ1) is 15.6. The van der Waals surface area contributed by atoms with Crippen LogP contribution in [-0.2, 0) is 18.9 Å². The van der Waals surface area contributed by atoms with E-state index < -0.39 is 25.1 Å². The largest absolute Gasteiger partial charge is 0.357 e. The van der Waals surface area contributed by atoms with Crippen LogP contribution in [0.5, 0.6) is 0 Å². The lowest BCUT2D eigenvalue weighted by molar-refractivity contribution is -0.269. The lowest BCUT2D eigenvalue weighted by Gasteiger charge is -2.20. The molecule has 1 aliphatic heterocycles. The van der Waals surface area contributed by atoms with E-state index >= 15 is 0 Å². The Morgan fingerprint density at radius 3 is 1.56 bits per heavy atom. The van der Waals surface area contributed by atoms with E-state index in [-0.39, 0.29) is 39.6 Å². The van der Waals surface area contributed by atoms with Crippen molar-refractivity contribution < 1.29 is 36.5 Å². The fraction of sp³-hybridized carbons (Fsp3) is 1.00. The van der Waals surface area contributed by atoms with Gasteiger partial charge in [0.2, 0.25) is 0 Å². The number of ether oxygens (including phenoxy) is 4. The Kier molecular flexibility index (Phi) is 6.27. The zero-order valence-electron chi connectivity index (χ0n) is 9.80. The number of alkyl halides is 4. The van der Waals surface area contributed by atoms with Gasteiger partial charge in [-0.2, -0.15) is 17.6 Å². The highest BCUT2D eigenvalue weighted by Gasteiger charge is 2.31. The SMILES string of the molecule is FC1(F)CCOCOCCC(F)(F)OCCCO1. The minimum Gasteiger partial charge on any atom is -0.355 e. The number of rotatable bonds is 0. The Morgan fingerprint density at radius 1 is 0.667 bits per heavy atom. The Morgan fingerprint density at radius 2 is 1.11 bits per heavy atom. The third-order valence-corrected chi connectivity index (χ3v) is 2.16. The maximum atomic E-state index is 13.0. The first-order chi connectivity index (χ1) is 8.41. The Bertz CT molecular complexity index is 216. The average molecular weight is 276 g/mol. The molecule has 0 aromatic rings. The molecule has 0 aromatic carbocycles. The molecule has 0 atom stereocenters. The van der Waals surface area contributed by atoms with Gasteiger partial charge in [0.15, 0.2) is 0 Å². The molecule has 1 aliphatic rings. The van der Waals surface area contributed by atoms with Crippen molar-refractivity contribution >= 4 is 0 Å². The zero-order valence-corrected chi connectivity index (χ0v) is 9.80. The van der Waals surface area contributed by atoms with Crippen molar-refractivity contribution in [2.75, 3.05) is 33.2 Å². The topological polar surface area (TPSA) is 36.9 Å². The molecule has 1 rings (SSSR count). The quantitative estimate of drug-likeness (QED) is 0.637. The Hall–Kier alpha value is -0.440. The van der Waals surface area contributed by atoms with Gasteiger partial charge in [0.05, 0.1) is 39.3 Å². The number of hydrogen-bond acceptors (Lipinski definition) is 4. The van der Waals surface area contributed by atoms with E-state index in [9.17, 15) is 17.6 Å². The molecule has 108 valence electrons. The van der Waals surface area contributed by atoms with Gasteiger partial charge in [0.25, 0.3) is 0 Å². The smallest absolute Gasteiger partial charge is 0.355 e. The third-order valence-electron chi connectivity index (χ3n) is 2.16. The molecule has 0 aromatic heterocycles. The van der Waals surface area contributed by atoms with Crippen LogP contribution < -0.4 is 0 Å². The minimum atomic E-state index is -3.33.